The third kappa shape index (κ3) is 3.70. The summed E-state index contributed by atoms with van der Waals surface area (Å²) in [7, 11) is 0. The van der Waals surface area contributed by atoms with Crippen LogP contribution in [0.25, 0.3) is 10.2 Å². The highest BCUT2D eigenvalue weighted by molar-refractivity contribution is 7.98. The van der Waals surface area contributed by atoms with Gasteiger partial charge in [0.15, 0.2) is 5.16 Å². The summed E-state index contributed by atoms with van der Waals surface area (Å²) in [6.07, 6.45) is 4.48. The summed E-state index contributed by atoms with van der Waals surface area (Å²) < 4.78 is 1.83. The Morgan fingerprint density at radius 2 is 2.07 bits per heavy atom. The molecule has 0 radical (unpaired) electrons. The van der Waals surface area contributed by atoms with Gasteiger partial charge in [0.05, 0.1) is 5.39 Å². The predicted octanol–water partition coefficient (Wildman–Crippen LogP) is 5.82. The summed E-state index contributed by atoms with van der Waals surface area (Å²) in [6, 6.07) is 6.54. The quantitative estimate of drug-likeness (QED) is 0.302. The van der Waals surface area contributed by atoms with E-state index in [2.05, 4.69) is 38.6 Å². The average molecular weight is 411 g/mol. The first kappa shape index (κ1) is 19.5. The number of rotatable bonds is 5. The van der Waals surface area contributed by atoms with Crippen LogP contribution in [-0.4, -0.2) is 9.55 Å². The summed E-state index contributed by atoms with van der Waals surface area (Å²) in [6.45, 7) is 10.8. The number of fused-ring (bicyclic) bond motifs is 3. The van der Waals surface area contributed by atoms with Crippen LogP contribution in [0.3, 0.4) is 0 Å². The molecule has 0 spiro atoms. The second-order valence-corrected chi connectivity index (χ2v) is 9.88. The summed E-state index contributed by atoms with van der Waals surface area (Å²) in [5.74, 6) is 0.811. The van der Waals surface area contributed by atoms with E-state index in [1.165, 1.54) is 40.0 Å². The third-order valence-electron chi connectivity index (χ3n) is 5.32. The van der Waals surface area contributed by atoms with Crippen molar-refractivity contribution in [1.82, 2.24) is 9.55 Å². The molecule has 3 aromatic rings. The van der Waals surface area contributed by atoms with E-state index in [0.717, 1.165) is 39.5 Å². The van der Waals surface area contributed by atoms with Crippen LogP contribution in [-0.2, 0) is 25.1 Å². The van der Waals surface area contributed by atoms with Gasteiger partial charge >= 0.3 is 0 Å². The van der Waals surface area contributed by atoms with Gasteiger partial charge in [-0.15, -0.1) is 11.3 Å². The number of aromatic nitrogens is 2. The van der Waals surface area contributed by atoms with Crippen molar-refractivity contribution < 1.29 is 0 Å². The first-order chi connectivity index (χ1) is 13.4. The van der Waals surface area contributed by atoms with Crippen molar-refractivity contribution in [2.75, 3.05) is 0 Å². The van der Waals surface area contributed by atoms with Crippen LogP contribution < -0.4 is 5.56 Å². The second-order valence-electron chi connectivity index (χ2n) is 7.85. The Balaban J connectivity index is 1.77. The standard InChI is InChI=1S/C23H26N2OS2/c1-14(2)12-25-22(26)20-18-7-5-6-8-19(18)28-21(20)24-23(25)27-13-17-10-9-15(3)11-16(17)4/h9-11H,1,5-8,12-13H2,2-4H3. The van der Waals surface area contributed by atoms with Gasteiger partial charge in [-0.05, 0) is 63.1 Å². The molecule has 0 saturated heterocycles. The SMILES string of the molecule is C=C(C)Cn1c(SCc2ccc(C)cc2C)nc2sc3c(c2c1=O)CCCC3. The van der Waals surface area contributed by atoms with Crippen LogP contribution in [0.4, 0.5) is 0 Å². The minimum atomic E-state index is 0.107. The molecule has 1 aromatic carbocycles. The van der Waals surface area contributed by atoms with Gasteiger partial charge < -0.3 is 0 Å². The molecular formula is C23H26N2OS2. The zero-order chi connectivity index (χ0) is 19.8. The van der Waals surface area contributed by atoms with Gasteiger partial charge in [0.1, 0.15) is 4.83 Å². The van der Waals surface area contributed by atoms with Crippen LogP contribution >= 0.6 is 23.1 Å². The first-order valence-corrected chi connectivity index (χ1v) is 11.6. The number of allylic oxidation sites excluding steroid dienone is 1. The van der Waals surface area contributed by atoms with E-state index in [-0.39, 0.29) is 5.56 Å². The maximum atomic E-state index is 13.4. The van der Waals surface area contributed by atoms with Crippen molar-refractivity contribution in [3.05, 3.63) is 67.8 Å². The van der Waals surface area contributed by atoms with Crippen molar-refractivity contribution >= 4 is 33.3 Å². The fourth-order valence-corrected chi connectivity index (χ4v) is 6.27. The van der Waals surface area contributed by atoms with Crippen LogP contribution in [0.1, 0.15) is 46.9 Å². The van der Waals surface area contributed by atoms with E-state index in [4.69, 9.17) is 4.98 Å². The van der Waals surface area contributed by atoms with Crippen molar-refractivity contribution in [3.63, 3.8) is 0 Å². The molecule has 1 aliphatic rings. The van der Waals surface area contributed by atoms with Crippen LogP contribution in [0.2, 0.25) is 0 Å². The molecule has 0 fully saturated rings. The Bertz CT molecular complexity index is 1120. The minimum Gasteiger partial charge on any atom is -0.283 e. The minimum absolute atomic E-state index is 0.107. The molecule has 5 heteroatoms. The number of hydrogen-bond acceptors (Lipinski definition) is 4. The Morgan fingerprint density at radius 1 is 1.29 bits per heavy atom. The van der Waals surface area contributed by atoms with Gasteiger partial charge in [0, 0.05) is 17.2 Å². The molecule has 0 N–H and O–H groups in total. The van der Waals surface area contributed by atoms with Crippen molar-refractivity contribution in [1.29, 1.82) is 0 Å². The van der Waals surface area contributed by atoms with Gasteiger partial charge in [-0.25, -0.2) is 4.98 Å². The van der Waals surface area contributed by atoms with E-state index < -0.39 is 0 Å². The first-order valence-electron chi connectivity index (χ1n) is 9.82. The molecule has 4 rings (SSSR count). The molecule has 3 nitrogen and oxygen atoms in total. The number of nitrogens with zero attached hydrogens (tertiary/aromatic N) is 2. The zero-order valence-electron chi connectivity index (χ0n) is 16.8. The predicted molar refractivity (Wildman–Crippen MR) is 121 cm³/mol. The molecule has 2 aromatic heterocycles. The Morgan fingerprint density at radius 3 is 2.82 bits per heavy atom. The van der Waals surface area contributed by atoms with Crippen LogP contribution in [0.15, 0.2) is 40.3 Å². The van der Waals surface area contributed by atoms with Gasteiger partial charge in [0.2, 0.25) is 0 Å². The lowest BCUT2D eigenvalue weighted by molar-refractivity contribution is 0.649. The van der Waals surface area contributed by atoms with Gasteiger partial charge in [-0.1, -0.05) is 47.7 Å². The van der Waals surface area contributed by atoms with E-state index >= 15 is 0 Å². The molecule has 0 atom stereocenters. The maximum Gasteiger partial charge on any atom is 0.263 e. The molecule has 146 valence electrons. The van der Waals surface area contributed by atoms with Crippen molar-refractivity contribution in [2.45, 2.75) is 63.9 Å². The molecular weight excluding hydrogens is 384 g/mol. The highest BCUT2D eigenvalue weighted by atomic mass is 32.2. The van der Waals surface area contributed by atoms with E-state index in [1.807, 2.05) is 11.5 Å². The summed E-state index contributed by atoms with van der Waals surface area (Å²) in [4.78, 5) is 20.7. The number of benzene rings is 1. The molecule has 1 aliphatic carbocycles. The average Bonchev–Trinajstić information content (AvgIpc) is 3.02. The number of hydrogen-bond donors (Lipinski definition) is 0. The zero-order valence-corrected chi connectivity index (χ0v) is 18.4. The van der Waals surface area contributed by atoms with Crippen LogP contribution in [0, 0.1) is 13.8 Å². The van der Waals surface area contributed by atoms with Crippen molar-refractivity contribution in [2.24, 2.45) is 0 Å². The normalized spacial score (nSPS) is 13.7. The van der Waals surface area contributed by atoms with E-state index in [0.29, 0.717) is 6.54 Å². The Kier molecular flexibility index (Phi) is 5.48. The van der Waals surface area contributed by atoms with Gasteiger partial charge in [-0.3, -0.25) is 9.36 Å². The lowest BCUT2D eigenvalue weighted by atomic mass is 9.97. The molecule has 2 heterocycles. The van der Waals surface area contributed by atoms with Gasteiger partial charge in [-0.2, -0.15) is 0 Å². The summed E-state index contributed by atoms with van der Waals surface area (Å²) >= 11 is 3.38. The summed E-state index contributed by atoms with van der Waals surface area (Å²) in [5.41, 5.74) is 6.18. The molecule has 0 saturated carbocycles. The number of thioether (sulfide) groups is 1. The van der Waals surface area contributed by atoms with E-state index in [9.17, 15) is 4.79 Å². The fourth-order valence-electron chi connectivity index (χ4n) is 3.89. The largest absolute Gasteiger partial charge is 0.283 e. The number of thiophene rings is 1. The van der Waals surface area contributed by atoms with Crippen molar-refractivity contribution in [3.8, 4) is 0 Å². The Labute approximate surface area is 174 Å². The monoisotopic (exact) mass is 410 g/mol. The molecule has 28 heavy (non-hydrogen) atoms. The maximum absolute atomic E-state index is 13.4. The summed E-state index contributed by atoms with van der Waals surface area (Å²) in [5, 5.41) is 1.66. The fraction of sp³-hybridized carbons (Fsp3) is 0.391. The van der Waals surface area contributed by atoms with Gasteiger partial charge in [0.25, 0.3) is 5.56 Å². The molecule has 0 aliphatic heterocycles. The highest BCUT2D eigenvalue weighted by Gasteiger charge is 2.22. The topological polar surface area (TPSA) is 34.9 Å². The molecule has 0 unspecified atom stereocenters. The second kappa shape index (κ2) is 7.88. The lowest BCUT2D eigenvalue weighted by Gasteiger charge is -2.14. The lowest BCUT2D eigenvalue weighted by Crippen LogP contribution is -2.24. The van der Waals surface area contributed by atoms with Crippen LogP contribution in [0.5, 0.6) is 0 Å². The smallest absolute Gasteiger partial charge is 0.263 e. The Hall–Kier alpha value is -1.85. The van der Waals surface area contributed by atoms with E-state index in [1.54, 1.807) is 23.1 Å². The molecule has 0 amide bonds. The third-order valence-corrected chi connectivity index (χ3v) is 7.53. The molecule has 0 bridgehead atoms. The highest BCUT2D eigenvalue weighted by Crippen LogP contribution is 2.35. The number of aryl methyl sites for hydroxylation is 4.